The smallest absolute Gasteiger partial charge is 0.305 e. The predicted octanol–water partition coefficient (Wildman–Crippen LogP) is 1.75. The number of methoxy groups -OCH3 is 1. The van der Waals surface area contributed by atoms with Crippen LogP contribution >= 0.6 is 0 Å². The van der Waals surface area contributed by atoms with Crippen molar-refractivity contribution >= 4 is 18.1 Å². The summed E-state index contributed by atoms with van der Waals surface area (Å²) in [6.45, 7) is 0. The van der Waals surface area contributed by atoms with Crippen LogP contribution in [0.5, 0.6) is 0 Å². The Morgan fingerprint density at radius 2 is 2.06 bits per heavy atom. The summed E-state index contributed by atoms with van der Waals surface area (Å²) in [6, 6.07) is 7.54. The SMILES string of the molecule is COC(=O)CCCc1ccc(NC=O)cc1. The minimum absolute atomic E-state index is 0.181. The minimum Gasteiger partial charge on any atom is -0.469 e. The minimum atomic E-state index is -0.181. The van der Waals surface area contributed by atoms with E-state index in [9.17, 15) is 9.59 Å². The van der Waals surface area contributed by atoms with Gasteiger partial charge in [0.1, 0.15) is 0 Å². The summed E-state index contributed by atoms with van der Waals surface area (Å²) in [6.07, 6.45) is 2.68. The zero-order valence-electron chi connectivity index (χ0n) is 9.23. The molecule has 0 fully saturated rings. The van der Waals surface area contributed by atoms with Gasteiger partial charge in [-0.3, -0.25) is 9.59 Å². The van der Waals surface area contributed by atoms with Crippen LogP contribution in [0.25, 0.3) is 0 Å². The third-order valence-electron chi connectivity index (χ3n) is 2.25. The number of nitrogens with one attached hydrogen (secondary N) is 1. The Labute approximate surface area is 94.6 Å². The molecule has 0 spiro atoms. The van der Waals surface area contributed by atoms with E-state index in [-0.39, 0.29) is 5.97 Å². The molecule has 86 valence electrons. The molecular weight excluding hydrogens is 206 g/mol. The Morgan fingerprint density at radius 1 is 1.38 bits per heavy atom. The van der Waals surface area contributed by atoms with Crippen LogP contribution in [-0.4, -0.2) is 19.5 Å². The van der Waals surface area contributed by atoms with Crippen molar-refractivity contribution in [2.45, 2.75) is 19.3 Å². The summed E-state index contributed by atoms with van der Waals surface area (Å²) in [7, 11) is 1.39. The van der Waals surface area contributed by atoms with Crippen LogP contribution in [0.1, 0.15) is 18.4 Å². The standard InChI is InChI=1S/C12H15NO3/c1-16-12(15)4-2-3-10-5-7-11(8-6-10)13-9-14/h5-9H,2-4H2,1H3,(H,13,14). The molecule has 0 radical (unpaired) electrons. The molecule has 0 atom stereocenters. The highest BCUT2D eigenvalue weighted by atomic mass is 16.5. The summed E-state index contributed by atoms with van der Waals surface area (Å²) < 4.78 is 4.55. The van der Waals surface area contributed by atoms with Gasteiger partial charge in [0.05, 0.1) is 7.11 Å². The molecule has 4 heteroatoms. The fourth-order valence-corrected chi connectivity index (χ4v) is 1.37. The maximum atomic E-state index is 10.9. The van der Waals surface area contributed by atoms with E-state index in [1.165, 1.54) is 7.11 Å². The van der Waals surface area contributed by atoms with Crippen molar-refractivity contribution in [3.05, 3.63) is 29.8 Å². The molecule has 4 nitrogen and oxygen atoms in total. The lowest BCUT2D eigenvalue weighted by Gasteiger charge is -2.02. The number of benzene rings is 1. The van der Waals surface area contributed by atoms with Gasteiger partial charge in [0.2, 0.25) is 6.41 Å². The van der Waals surface area contributed by atoms with Gasteiger partial charge >= 0.3 is 5.97 Å². The van der Waals surface area contributed by atoms with Gasteiger partial charge in [-0.25, -0.2) is 0 Å². The van der Waals surface area contributed by atoms with E-state index in [0.717, 1.165) is 24.1 Å². The molecule has 0 unspecified atom stereocenters. The van der Waals surface area contributed by atoms with Crippen molar-refractivity contribution < 1.29 is 14.3 Å². The maximum Gasteiger partial charge on any atom is 0.305 e. The topological polar surface area (TPSA) is 55.4 Å². The van der Waals surface area contributed by atoms with Crippen molar-refractivity contribution in [3.8, 4) is 0 Å². The number of rotatable bonds is 6. The molecule has 0 aromatic heterocycles. The van der Waals surface area contributed by atoms with E-state index >= 15 is 0 Å². The Balaban J connectivity index is 2.37. The van der Waals surface area contributed by atoms with E-state index in [4.69, 9.17) is 0 Å². The summed E-state index contributed by atoms with van der Waals surface area (Å²) >= 11 is 0. The largest absolute Gasteiger partial charge is 0.469 e. The fraction of sp³-hybridized carbons (Fsp3) is 0.333. The van der Waals surface area contributed by atoms with Crippen LogP contribution in [-0.2, 0) is 20.7 Å². The predicted molar refractivity (Wildman–Crippen MR) is 61.1 cm³/mol. The van der Waals surface area contributed by atoms with Crippen molar-refractivity contribution in [1.82, 2.24) is 0 Å². The highest BCUT2D eigenvalue weighted by molar-refractivity contribution is 5.71. The molecule has 1 amide bonds. The van der Waals surface area contributed by atoms with Crippen molar-refractivity contribution in [3.63, 3.8) is 0 Å². The number of hydrogen-bond acceptors (Lipinski definition) is 3. The fourth-order valence-electron chi connectivity index (χ4n) is 1.37. The van der Waals surface area contributed by atoms with Gasteiger partial charge in [-0.15, -0.1) is 0 Å². The van der Waals surface area contributed by atoms with E-state index in [1.54, 1.807) is 0 Å². The Kier molecular flexibility index (Phi) is 5.05. The van der Waals surface area contributed by atoms with Crippen molar-refractivity contribution in [1.29, 1.82) is 0 Å². The molecule has 1 N–H and O–H groups in total. The molecule has 0 heterocycles. The molecule has 1 rings (SSSR count). The van der Waals surface area contributed by atoms with Gasteiger partial charge in [0.15, 0.2) is 0 Å². The average molecular weight is 221 g/mol. The number of anilines is 1. The first-order valence-electron chi connectivity index (χ1n) is 5.12. The Hall–Kier alpha value is -1.84. The molecule has 1 aromatic carbocycles. The third-order valence-corrected chi connectivity index (χ3v) is 2.25. The van der Waals surface area contributed by atoms with Gasteiger partial charge in [-0.2, -0.15) is 0 Å². The first kappa shape index (κ1) is 12.2. The number of amides is 1. The molecule has 16 heavy (non-hydrogen) atoms. The van der Waals surface area contributed by atoms with E-state index in [1.807, 2.05) is 24.3 Å². The zero-order chi connectivity index (χ0) is 11.8. The van der Waals surface area contributed by atoms with Gasteiger partial charge in [0, 0.05) is 12.1 Å². The normalized spacial score (nSPS) is 9.56. The lowest BCUT2D eigenvalue weighted by atomic mass is 10.1. The third kappa shape index (κ3) is 4.13. The number of aryl methyl sites for hydroxylation is 1. The molecule has 0 saturated heterocycles. The van der Waals surface area contributed by atoms with Crippen LogP contribution in [0.4, 0.5) is 5.69 Å². The summed E-state index contributed by atoms with van der Waals surface area (Å²) in [5.74, 6) is -0.181. The highest BCUT2D eigenvalue weighted by Crippen LogP contribution is 2.11. The number of hydrogen-bond donors (Lipinski definition) is 1. The molecule has 0 aliphatic heterocycles. The summed E-state index contributed by atoms with van der Waals surface area (Å²) in [4.78, 5) is 21.0. The van der Waals surface area contributed by atoms with Gasteiger partial charge in [0.25, 0.3) is 0 Å². The van der Waals surface area contributed by atoms with E-state index in [2.05, 4.69) is 10.1 Å². The lowest BCUT2D eigenvalue weighted by Crippen LogP contribution is -2.00. The molecule has 0 aliphatic carbocycles. The van der Waals surface area contributed by atoms with Crippen LogP contribution in [0.15, 0.2) is 24.3 Å². The Bertz CT molecular complexity index is 346. The van der Waals surface area contributed by atoms with E-state index in [0.29, 0.717) is 12.8 Å². The van der Waals surface area contributed by atoms with Crippen LogP contribution < -0.4 is 5.32 Å². The number of carbonyl (C=O) groups is 2. The first-order valence-corrected chi connectivity index (χ1v) is 5.12. The van der Waals surface area contributed by atoms with Crippen LogP contribution in [0.2, 0.25) is 0 Å². The zero-order valence-corrected chi connectivity index (χ0v) is 9.23. The molecule has 0 bridgehead atoms. The lowest BCUT2D eigenvalue weighted by molar-refractivity contribution is -0.140. The summed E-state index contributed by atoms with van der Waals surface area (Å²) in [5.41, 5.74) is 1.91. The maximum absolute atomic E-state index is 10.9. The number of ether oxygens (including phenoxy) is 1. The van der Waals surface area contributed by atoms with Gasteiger partial charge in [-0.05, 0) is 30.5 Å². The number of carbonyl (C=O) groups excluding carboxylic acids is 2. The summed E-state index contributed by atoms with van der Waals surface area (Å²) in [5, 5.41) is 2.56. The van der Waals surface area contributed by atoms with Crippen molar-refractivity contribution in [2.24, 2.45) is 0 Å². The molecule has 0 aliphatic rings. The first-order chi connectivity index (χ1) is 7.76. The second-order valence-electron chi connectivity index (χ2n) is 3.39. The number of esters is 1. The molecular formula is C12H15NO3. The molecule has 0 saturated carbocycles. The highest BCUT2D eigenvalue weighted by Gasteiger charge is 2.00. The average Bonchev–Trinajstić information content (AvgIpc) is 2.31. The van der Waals surface area contributed by atoms with Gasteiger partial charge in [-0.1, -0.05) is 12.1 Å². The second-order valence-corrected chi connectivity index (χ2v) is 3.39. The van der Waals surface area contributed by atoms with Crippen LogP contribution in [0, 0.1) is 0 Å². The monoisotopic (exact) mass is 221 g/mol. The molecule has 1 aromatic rings. The van der Waals surface area contributed by atoms with Crippen molar-refractivity contribution in [2.75, 3.05) is 12.4 Å². The van der Waals surface area contributed by atoms with Gasteiger partial charge < -0.3 is 10.1 Å². The van der Waals surface area contributed by atoms with E-state index < -0.39 is 0 Å². The quantitative estimate of drug-likeness (QED) is 0.588. The second kappa shape index (κ2) is 6.61. The van der Waals surface area contributed by atoms with Crippen LogP contribution in [0.3, 0.4) is 0 Å². The Morgan fingerprint density at radius 3 is 2.62 bits per heavy atom.